The van der Waals surface area contributed by atoms with Crippen molar-refractivity contribution < 1.29 is 4.74 Å². The fourth-order valence-electron chi connectivity index (χ4n) is 2.32. The third-order valence-electron chi connectivity index (χ3n) is 3.63. The zero-order valence-corrected chi connectivity index (χ0v) is 13.4. The number of benzene rings is 1. The molecule has 1 N–H and O–H groups in total. The van der Waals surface area contributed by atoms with Crippen LogP contribution in [0.2, 0.25) is 0 Å². The van der Waals surface area contributed by atoms with Crippen molar-refractivity contribution >= 4 is 0 Å². The summed E-state index contributed by atoms with van der Waals surface area (Å²) in [5.41, 5.74) is 3.47. The molecule has 21 heavy (non-hydrogen) atoms. The summed E-state index contributed by atoms with van der Waals surface area (Å²) in [7, 11) is 1.99. The molecule has 0 aliphatic carbocycles. The topological polar surface area (TPSA) is 39.1 Å². The molecular formula is C17H25N3O. The Balaban J connectivity index is 1.94. The second kappa shape index (κ2) is 7.27. The van der Waals surface area contributed by atoms with Crippen LogP contribution in [0.3, 0.4) is 0 Å². The Labute approximate surface area is 127 Å². The SMILES string of the molecule is CCn1nc(C)cc1COc1ccc(CC(C)NC)cc1. The number of ether oxygens (including phenoxy) is 1. The van der Waals surface area contributed by atoms with Crippen molar-refractivity contribution in [3.63, 3.8) is 0 Å². The van der Waals surface area contributed by atoms with Crippen LogP contribution in [-0.4, -0.2) is 22.9 Å². The summed E-state index contributed by atoms with van der Waals surface area (Å²) < 4.78 is 7.84. The van der Waals surface area contributed by atoms with Crippen molar-refractivity contribution in [1.82, 2.24) is 15.1 Å². The van der Waals surface area contributed by atoms with Crippen LogP contribution < -0.4 is 10.1 Å². The normalized spacial score (nSPS) is 12.4. The zero-order valence-electron chi connectivity index (χ0n) is 13.4. The van der Waals surface area contributed by atoms with Crippen molar-refractivity contribution in [2.45, 2.75) is 46.4 Å². The van der Waals surface area contributed by atoms with Crippen LogP contribution >= 0.6 is 0 Å². The molecule has 4 nitrogen and oxygen atoms in total. The summed E-state index contributed by atoms with van der Waals surface area (Å²) in [5.74, 6) is 0.900. The lowest BCUT2D eigenvalue weighted by atomic mass is 10.1. The Bertz CT molecular complexity index is 560. The van der Waals surface area contributed by atoms with E-state index in [1.165, 1.54) is 5.56 Å². The molecule has 114 valence electrons. The van der Waals surface area contributed by atoms with Crippen LogP contribution in [0.25, 0.3) is 0 Å². The number of nitrogens with one attached hydrogen (secondary N) is 1. The predicted molar refractivity (Wildman–Crippen MR) is 85.6 cm³/mol. The van der Waals surface area contributed by atoms with Gasteiger partial charge in [0.05, 0.1) is 11.4 Å². The summed E-state index contributed by atoms with van der Waals surface area (Å²) in [6.45, 7) is 7.70. The first-order chi connectivity index (χ1) is 10.1. The maximum Gasteiger partial charge on any atom is 0.130 e. The van der Waals surface area contributed by atoms with Gasteiger partial charge in [-0.2, -0.15) is 5.10 Å². The summed E-state index contributed by atoms with van der Waals surface area (Å²) in [6.07, 6.45) is 1.03. The number of rotatable bonds is 7. The molecule has 0 saturated heterocycles. The lowest BCUT2D eigenvalue weighted by Gasteiger charge is -2.11. The number of hydrogen-bond acceptors (Lipinski definition) is 3. The molecule has 0 radical (unpaired) electrons. The Kier molecular flexibility index (Phi) is 5.39. The Morgan fingerprint density at radius 1 is 1.29 bits per heavy atom. The summed E-state index contributed by atoms with van der Waals surface area (Å²) in [5, 5.41) is 7.68. The molecule has 2 rings (SSSR count). The van der Waals surface area contributed by atoms with Crippen molar-refractivity contribution in [2.24, 2.45) is 0 Å². The molecule has 1 atom stereocenters. The molecule has 1 aromatic heterocycles. The largest absolute Gasteiger partial charge is 0.487 e. The van der Waals surface area contributed by atoms with Gasteiger partial charge >= 0.3 is 0 Å². The smallest absolute Gasteiger partial charge is 0.130 e. The average Bonchev–Trinajstić information content (AvgIpc) is 2.86. The molecule has 2 aromatic rings. The molecule has 0 amide bonds. The molecule has 0 fully saturated rings. The quantitative estimate of drug-likeness (QED) is 0.851. The van der Waals surface area contributed by atoms with E-state index in [9.17, 15) is 0 Å². The monoisotopic (exact) mass is 287 g/mol. The molecule has 0 aliphatic heterocycles. The van der Waals surface area contributed by atoms with Gasteiger partial charge in [-0.3, -0.25) is 4.68 Å². The highest BCUT2D eigenvalue weighted by atomic mass is 16.5. The van der Waals surface area contributed by atoms with Crippen molar-refractivity contribution in [3.05, 3.63) is 47.3 Å². The highest BCUT2D eigenvalue weighted by molar-refractivity contribution is 5.28. The van der Waals surface area contributed by atoms with Gasteiger partial charge < -0.3 is 10.1 Å². The third kappa shape index (κ3) is 4.33. The van der Waals surface area contributed by atoms with E-state index in [4.69, 9.17) is 4.74 Å². The summed E-state index contributed by atoms with van der Waals surface area (Å²) in [6, 6.07) is 10.9. The van der Waals surface area contributed by atoms with Crippen LogP contribution in [-0.2, 0) is 19.6 Å². The van der Waals surface area contributed by atoms with Crippen LogP contribution in [0.1, 0.15) is 30.8 Å². The minimum Gasteiger partial charge on any atom is -0.487 e. The number of aryl methyl sites for hydroxylation is 2. The first kappa shape index (κ1) is 15.6. The predicted octanol–water partition coefficient (Wildman–Crippen LogP) is 2.94. The maximum absolute atomic E-state index is 5.86. The van der Waals surface area contributed by atoms with Crippen LogP contribution in [0.15, 0.2) is 30.3 Å². The van der Waals surface area contributed by atoms with E-state index >= 15 is 0 Å². The fraction of sp³-hybridized carbons (Fsp3) is 0.471. The second-order valence-corrected chi connectivity index (χ2v) is 5.42. The summed E-state index contributed by atoms with van der Waals surface area (Å²) >= 11 is 0. The highest BCUT2D eigenvalue weighted by Crippen LogP contribution is 2.15. The van der Waals surface area contributed by atoms with E-state index in [2.05, 4.69) is 42.5 Å². The van der Waals surface area contributed by atoms with Gasteiger partial charge in [0.25, 0.3) is 0 Å². The van der Waals surface area contributed by atoms with Gasteiger partial charge in [0.15, 0.2) is 0 Å². The molecule has 0 saturated carbocycles. The third-order valence-corrected chi connectivity index (χ3v) is 3.63. The van der Waals surface area contributed by atoms with Gasteiger partial charge in [0, 0.05) is 12.6 Å². The van der Waals surface area contributed by atoms with E-state index in [0.717, 1.165) is 30.1 Å². The molecule has 0 bridgehead atoms. The molecule has 1 heterocycles. The molecule has 0 spiro atoms. The molecule has 1 unspecified atom stereocenters. The molecule has 4 heteroatoms. The van der Waals surface area contributed by atoms with E-state index in [1.54, 1.807) is 0 Å². The van der Waals surface area contributed by atoms with Crippen molar-refractivity contribution in [2.75, 3.05) is 7.05 Å². The highest BCUT2D eigenvalue weighted by Gasteiger charge is 2.05. The van der Waals surface area contributed by atoms with E-state index in [-0.39, 0.29) is 0 Å². The lowest BCUT2D eigenvalue weighted by molar-refractivity contribution is 0.292. The second-order valence-electron chi connectivity index (χ2n) is 5.42. The van der Waals surface area contributed by atoms with Gasteiger partial charge in [-0.1, -0.05) is 12.1 Å². The Morgan fingerprint density at radius 3 is 2.62 bits per heavy atom. The van der Waals surface area contributed by atoms with Crippen LogP contribution in [0.5, 0.6) is 5.75 Å². The molecule has 0 aliphatic rings. The molecular weight excluding hydrogens is 262 g/mol. The van der Waals surface area contributed by atoms with E-state index < -0.39 is 0 Å². The van der Waals surface area contributed by atoms with Gasteiger partial charge in [-0.25, -0.2) is 0 Å². The minimum atomic E-state index is 0.485. The number of nitrogens with zero attached hydrogens (tertiary/aromatic N) is 2. The standard InChI is InChI=1S/C17H25N3O/c1-5-20-16(11-14(3)19-20)12-21-17-8-6-15(7-9-17)10-13(2)18-4/h6-9,11,13,18H,5,10,12H2,1-4H3. The van der Waals surface area contributed by atoms with E-state index in [1.807, 2.05) is 30.8 Å². The number of hydrogen-bond donors (Lipinski definition) is 1. The van der Waals surface area contributed by atoms with Crippen LogP contribution in [0, 0.1) is 6.92 Å². The van der Waals surface area contributed by atoms with Crippen LogP contribution in [0.4, 0.5) is 0 Å². The maximum atomic E-state index is 5.86. The van der Waals surface area contributed by atoms with Crippen molar-refractivity contribution in [1.29, 1.82) is 0 Å². The zero-order chi connectivity index (χ0) is 15.2. The van der Waals surface area contributed by atoms with Gasteiger partial charge in [0.2, 0.25) is 0 Å². The number of likely N-dealkylation sites (N-methyl/N-ethyl adjacent to an activating group) is 1. The fourth-order valence-corrected chi connectivity index (χ4v) is 2.32. The molecule has 1 aromatic carbocycles. The summed E-state index contributed by atoms with van der Waals surface area (Å²) in [4.78, 5) is 0. The Morgan fingerprint density at radius 2 is 2.00 bits per heavy atom. The lowest BCUT2D eigenvalue weighted by Crippen LogP contribution is -2.23. The first-order valence-electron chi connectivity index (χ1n) is 7.54. The van der Waals surface area contributed by atoms with Gasteiger partial charge in [0.1, 0.15) is 12.4 Å². The average molecular weight is 287 g/mol. The number of aromatic nitrogens is 2. The first-order valence-corrected chi connectivity index (χ1v) is 7.54. The van der Waals surface area contributed by atoms with Gasteiger partial charge in [-0.05, 0) is 58.0 Å². The van der Waals surface area contributed by atoms with E-state index in [0.29, 0.717) is 12.6 Å². The van der Waals surface area contributed by atoms with Crippen molar-refractivity contribution in [3.8, 4) is 5.75 Å². The van der Waals surface area contributed by atoms with Gasteiger partial charge in [-0.15, -0.1) is 0 Å². The minimum absolute atomic E-state index is 0.485. The Hall–Kier alpha value is -1.81.